The van der Waals surface area contributed by atoms with E-state index in [1.54, 1.807) is 41.5 Å². The predicted octanol–water partition coefficient (Wildman–Crippen LogP) is 1.71. The molecule has 0 unspecified atom stereocenters. The van der Waals surface area contributed by atoms with Gasteiger partial charge in [-0.3, -0.25) is 9.59 Å². The van der Waals surface area contributed by atoms with E-state index in [1.807, 2.05) is 0 Å². The second-order valence-corrected chi connectivity index (χ2v) is 9.40. The predicted molar refractivity (Wildman–Crippen MR) is 92.6 cm³/mol. The van der Waals surface area contributed by atoms with Crippen molar-refractivity contribution >= 4 is 33.5 Å². The molecule has 0 rings (SSSR count). The van der Waals surface area contributed by atoms with Crippen molar-refractivity contribution in [3.63, 3.8) is 0 Å². The van der Waals surface area contributed by atoms with Gasteiger partial charge in [-0.05, 0) is 41.5 Å². The molecule has 8 heteroatoms. The van der Waals surface area contributed by atoms with E-state index in [0.29, 0.717) is 11.5 Å². The highest BCUT2D eigenvalue weighted by Gasteiger charge is 2.24. The first kappa shape index (κ1) is 21.6. The van der Waals surface area contributed by atoms with Gasteiger partial charge in [0.05, 0.1) is 0 Å². The molecule has 0 aromatic heterocycles. The minimum absolute atomic E-state index is 0.390. The molecule has 0 saturated heterocycles. The van der Waals surface area contributed by atoms with Crippen molar-refractivity contribution in [2.45, 2.75) is 64.8 Å². The Kier molecular flexibility index (Phi) is 8.82. The maximum absolute atomic E-state index is 11.7. The van der Waals surface area contributed by atoms with Crippen molar-refractivity contribution in [1.82, 2.24) is 0 Å². The van der Waals surface area contributed by atoms with Crippen LogP contribution in [0.15, 0.2) is 0 Å². The number of rotatable bonds is 7. The molecule has 0 radical (unpaired) electrons. The second-order valence-electron chi connectivity index (χ2n) is 6.85. The first-order chi connectivity index (χ1) is 9.82. The lowest BCUT2D eigenvalue weighted by Gasteiger charge is -2.22. The first-order valence-electron chi connectivity index (χ1n) is 7.03. The topological polar surface area (TPSA) is 105 Å². The SMILES string of the molecule is CC(C)(C)OC(=O)[C@@H](N)CSSC[C@H](N)C(=O)OC(C)(C)C. The largest absolute Gasteiger partial charge is 0.459 e. The van der Waals surface area contributed by atoms with Crippen LogP contribution in [-0.4, -0.2) is 46.7 Å². The van der Waals surface area contributed by atoms with Crippen LogP contribution in [0.5, 0.6) is 0 Å². The van der Waals surface area contributed by atoms with Crippen molar-refractivity contribution in [3.05, 3.63) is 0 Å². The summed E-state index contributed by atoms with van der Waals surface area (Å²) in [5.74, 6) is -0.0876. The molecule has 0 aliphatic rings. The average Bonchev–Trinajstić information content (AvgIpc) is 2.29. The number of hydrogen-bond acceptors (Lipinski definition) is 8. The number of hydrogen-bond donors (Lipinski definition) is 2. The van der Waals surface area contributed by atoms with Crippen LogP contribution < -0.4 is 11.5 Å². The van der Waals surface area contributed by atoms with E-state index in [9.17, 15) is 9.59 Å². The summed E-state index contributed by atoms with van der Waals surface area (Å²) in [7, 11) is 2.76. The molecule has 6 nitrogen and oxygen atoms in total. The number of ether oxygens (including phenoxy) is 2. The molecule has 130 valence electrons. The fraction of sp³-hybridized carbons (Fsp3) is 0.857. The van der Waals surface area contributed by atoms with E-state index in [-0.39, 0.29) is 0 Å². The maximum atomic E-state index is 11.7. The molecule has 0 amide bonds. The van der Waals surface area contributed by atoms with Crippen LogP contribution in [-0.2, 0) is 19.1 Å². The number of carbonyl (C=O) groups excluding carboxylic acids is 2. The van der Waals surface area contributed by atoms with Crippen molar-refractivity contribution in [2.75, 3.05) is 11.5 Å². The molecule has 0 fully saturated rings. The zero-order chi connectivity index (χ0) is 17.6. The highest BCUT2D eigenvalue weighted by Crippen LogP contribution is 2.23. The molecule has 0 aromatic rings. The van der Waals surface area contributed by atoms with Gasteiger partial charge in [-0.1, -0.05) is 21.6 Å². The maximum Gasteiger partial charge on any atom is 0.324 e. The third kappa shape index (κ3) is 11.2. The molecule has 0 aliphatic heterocycles. The van der Waals surface area contributed by atoms with E-state index in [1.165, 1.54) is 21.6 Å². The molecular formula is C14H28N2O4S2. The lowest BCUT2D eigenvalue weighted by atomic mass is 10.2. The summed E-state index contributed by atoms with van der Waals surface area (Å²) in [5, 5.41) is 0. The molecule has 0 bridgehead atoms. The van der Waals surface area contributed by atoms with Gasteiger partial charge in [0.15, 0.2) is 0 Å². The van der Waals surface area contributed by atoms with E-state index in [2.05, 4.69) is 0 Å². The molecule has 0 aromatic carbocycles. The van der Waals surface area contributed by atoms with Gasteiger partial charge in [0, 0.05) is 11.5 Å². The molecule has 0 saturated carbocycles. The van der Waals surface area contributed by atoms with Crippen LogP contribution >= 0.6 is 21.6 Å². The van der Waals surface area contributed by atoms with Gasteiger partial charge in [0.2, 0.25) is 0 Å². The number of nitrogens with two attached hydrogens (primary N) is 2. The Labute approximate surface area is 140 Å². The minimum Gasteiger partial charge on any atom is -0.459 e. The fourth-order valence-electron chi connectivity index (χ4n) is 1.13. The van der Waals surface area contributed by atoms with Gasteiger partial charge < -0.3 is 20.9 Å². The van der Waals surface area contributed by atoms with Gasteiger partial charge in [0.1, 0.15) is 23.3 Å². The zero-order valence-corrected chi connectivity index (χ0v) is 15.8. The van der Waals surface area contributed by atoms with E-state index in [0.717, 1.165) is 0 Å². The summed E-state index contributed by atoms with van der Waals surface area (Å²) in [6.45, 7) is 10.7. The minimum atomic E-state index is -0.700. The van der Waals surface area contributed by atoms with Crippen LogP contribution in [0, 0.1) is 0 Å². The van der Waals surface area contributed by atoms with Gasteiger partial charge in [-0.25, -0.2) is 0 Å². The first-order valence-corrected chi connectivity index (χ1v) is 9.52. The lowest BCUT2D eigenvalue weighted by Crippen LogP contribution is -2.39. The quantitative estimate of drug-likeness (QED) is 0.405. The Morgan fingerprint density at radius 2 is 1.09 bits per heavy atom. The monoisotopic (exact) mass is 352 g/mol. The Balaban J connectivity index is 3.97. The van der Waals surface area contributed by atoms with Crippen LogP contribution in [0.1, 0.15) is 41.5 Å². The summed E-state index contributed by atoms with van der Waals surface area (Å²) in [6.07, 6.45) is 0. The van der Waals surface area contributed by atoms with Gasteiger partial charge in [-0.15, -0.1) is 0 Å². The smallest absolute Gasteiger partial charge is 0.324 e. The summed E-state index contributed by atoms with van der Waals surface area (Å²) in [4.78, 5) is 23.4. The van der Waals surface area contributed by atoms with E-state index < -0.39 is 35.2 Å². The molecule has 4 N–H and O–H groups in total. The molecule has 2 atom stereocenters. The highest BCUT2D eigenvalue weighted by molar-refractivity contribution is 8.76. The zero-order valence-electron chi connectivity index (χ0n) is 14.2. The normalized spacial score (nSPS) is 15.1. The van der Waals surface area contributed by atoms with Crippen molar-refractivity contribution in [1.29, 1.82) is 0 Å². The highest BCUT2D eigenvalue weighted by atomic mass is 33.1. The third-order valence-electron chi connectivity index (χ3n) is 2.00. The van der Waals surface area contributed by atoms with Crippen molar-refractivity contribution < 1.29 is 19.1 Å². The molecule has 0 heterocycles. The van der Waals surface area contributed by atoms with Crippen molar-refractivity contribution in [3.8, 4) is 0 Å². The van der Waals surface area contributed by atoms with Crippen LogP contribution in [0.4, 0.5) is 0 Å². The Morgan fingerprint density at radius 3 is 1.32 bits per heavy atom. The second kappa shape index (κ2) is 9.00. The Morgan fingerprint density at radius 1 is 0.818 bits per heavy atom. The third-order valence-corrected chi connectivity index (χ3v) is 4.47. The summed E-state index contributed by atoms with van der Waals surface area (Å²) >= 11 is 0. The van der Waals surface area contributed by atoms with E-state index in [4.69, 9.17) is 20.9 Å². The molecule has 22 heavy (non-hydrogen) atoms. The summed E-state index contributed by atoms with van der Waals surface area (Å²) in [5.41, 5.74) is 10.4. The number of esters is 2. The Hall–Kier alpha value is -0.440. The van der Waals surface area contributed by atoms with Gasteiger partial charge in [-0.2, -0.15) is 0 Å². The van der Waals surface area contributed by atoms with Gasteiger partial charge >= 0.3 is 11.9 Å². The van der Waals surface area contributed by atoms with Crippen LogP contribution in [0.3, 0.4) is 0 Å². The molecule has 0 aliphatic carbocycles. The Bertz CT molecular complexity index is 342. The summed E-state index contributed by atoms with van der Waals surface area (Å²) < 4.78 is 10.4. The molecule has 0 spiro atoms. The fourth-order valence-corrected chi connectivity index (χ4v) is 3.35. The standard InChI is InChI=1S/C14H28N2O4S2/c1-13(2,3)19-11(17)9(15)7-21-22-8-10(16)12(18)20-14(4,5)6/h9-10H,7-8,15-16H2,1-6H3/t9-,10-/m0/s1. The average molecular weight is 353 g/mol. The number of carbonyl (C=O) groups is 2. The molecular weight excluding hydrogens is 324 g/mol. The van der Waals surface area contributed by atoms with Crippen LogP contribution in [0.25, 0.3) is 0 Å². The van der Waals surface area contributed by atoms with Crippen LogP contribution in [0.2, 0.25) is 0 Å². The van der Waals surface area contributed by atoms with Crippen molar-refractivity contribution in [2.24, 2.45) is 11.5 Å². The van der Waals surface area contributed by atoms with Gasteiger partial charge in [0.25, 0.3) is 0 Å². The lowest BCUT2D eigenvalue weighted by molar-refractivity contribution is -0.156. The summed E-state index contributed by atoms with van der Waals surface area (Å²) in [6, 6.07) is -1.40. The van der Waals surface area contributed by atoms with E-state index >= 15 is 0 Å².